The first-order valence-electron chi connectivity index (χ1n) is 44.0. The molecule has 0 bridgehead atoms. The molecule has 660 valence electrons. The highest BCUT2D eigenvalue weighted by Crippen LogP contribution is 2.46. The number of thioether (sulfide) groups is 12. The first-order valence-corrected chi connectivity index (χ1v) is 69.1. The summed E-state index contributed by atoms with van der Waals surface area (Å²) in [4.78, 5) is 0. The molecule has 6 atom stereocenters. The SMILES string of the molecule is C=C[Si](C=C)(C=C)C=C.CC(C)(C)SCC[Si](CCSCCC1CCC(CCSCC[Si](CCSC(C)(C)C)(CCSC(C)(C)C)CCSC(C)(C)C)C(CCSCC[Si](CCSC(C)(C)C)(CCSC(C)(C)C)CCSC(C)(C)C)C1)(CCSC(C)(C)C)CCSC(C)(C)C.SCCC1CCC(CCS)C(CCS)C1. The van der Waals surface area contributed by atoms with E-state index in [1.54, 1.807) is 0 Å². The maximum atomic E-state index is 4.39. The molecule has 2 aliphatic rings. The van der Waals surface area contributed by atoms with Crippen molar-refractivity contribution < 1.29 is 0 Å². The molecule has 0 N–H and O–H groups in total. The lowest BCUT2D eigenvalue weighted by Crippen LogP contribution is -2.38. The molecular formula is C92H186S15Si4. The fraction of sp³-hybridized carbons (Fsp3) is 0.913. The molecule has 0 radical (unpaired) electrons. The van der Waals surface area contributed by atoms with Gasteiger partial charge in [0.25, 0.3) is 0 Å². The molecule has 0 aromatic carbocycles. The maximum absolute atomic E-state index is 4.39. The lowest BCUT2D eigenvalue weighted by atomic mass is 9.71. The van der Waals surface area contributed by atoms with Crippen LogP contribution in [0.3, 0.4) is 0 Å². The molecule has 2 saturated carbocycles. The van der Waals surface area contributed by atoms with Crippen LogP contribution in [0.5, 0.6) is 0 Å². The molecular weight excluding hydrogens is 1700 g/mol. The van der Waals surface area contributed by atoms with E-state index in [0.717, 1.165) is 52.8 Å². The predicted octanol–water partition coefficient (Wildman–Crippen LogP) is 33.8. The van der Waals surface area contributed by atoms with Crippen LogP contribution in [0.2, 0.25) is 72.5 Å². The molecule has 0 spiro atoms. The summed E-state index contributed by atoms with van der Waals surface area (Å²) < 4.78 is 3.17. The Bertz CT molecular complexity index is 2180. The molecule has 2 rings (SSSR count). The summed E-state index contributed by atoms with van der Waals surface area (Å²) in [5, 5.41) is 0. The molecule has 2 fully saturated rings. The summed E-state index contributed by atoms with van der Waals surface area (Å²) in [6, 6.07) is 18.3. The van der Waals surface area contributed by atoms with E-state index in [4.69, 9.17) is 0 Å². The quantitative estimate of drug-likeness (QED) is 0.0302. The van der Waals surface area contributed by atoms with Crippen molar-refractivity contribution in [2.75, 3.05) is 104 Å². The first kappa shape index (κ1) is 116. The van der Waals surface area contributed by atoms with Gasteiger partial charge in [-0.25, -0.2) is 0 Å². The van der Waals surface area contributed by atoms with E-state index < -0.39 is 32.3 Å². The molecule has 19 heteroatoms. The zero-order valence-electron chi connectivity index (χ0n) is 78.0. The van der Waals surface area contributed by atoms with Crippen molar-refractivity contribution in [1.29, 1.82) is 0 Å². The molecule has 2 aliphatic carbocycles. The van der Waals surface area contributed by atoms with Crippen LogP contribution in [0.4, 0.5) is 0 Å². The third kappa shape index (κ3) is 64.5. The van der Waals surface area contributed by atoms with Gasteiger partial charge in [-0.15, -0.1) is 26.3 Å². The van der Waals surface area contributed by atoms with E-state index in [1.807, 2.05) is 22.8 Å². The van der Waals surface area contributed by atoms with Gasteiger partial charge in [-0.1, -0.05) is 223 Å². The van der Waals surface area contributed by atoms with Crippen molar-refractivity contribution in [1.82, 2.24) is 0 Å². The Labute approximate surface area is 770 Å². The highest BCUT2D eigenvalue weighted by atomic mass is 32.2. The van der Waals surface area contributed by atoms with E-state index in [-0.39, 0.29) is 0 Å². The zero-order chi connectivity index (χ0) is 85.0. The van der Waals surface area contributed by atoms with Crippen LogP contribution >= 0.6 is 179 Å². The van der Waals surface area contributed by atoms with E-state index >= 15 is 0 Å². The van der Waals surface area contributed by atoms with Gasteiger partial charge in [-0.3, -0.25) is 0 Å². The Morgan fingerprint density at radius 2 is 0.432 bits per heavy atom. The van der Waals surface area contributed by atoms with Crippen molar-refractivity contribution in [3.63, 3.8) is 0 Å². The van der Waals surface area contributed by atoms with Gasteiger partial charge < -0.3 is 0 Å². The number of hydrogen-bond acceptors (Lipinski definition) is 15. The second-order valence-electron chi connectivity index (χ2n) is 42.1. The molecule has 0 nitrogen and oxygen atoms in total. The first-order chi connectivity index (χ1) is 51.2. The fourth-order valence-corrected chi connectivity index (χ4v) is 55.4. The summed E-state index contributed by atoms with van der Waals surface area (Å²) in [6.45, 7) is 80.7. The van der Waals surface area contributed by atoms with Crippen molar-refractivity contribution >= 4 is 211 Å². The third-order valence-corrected chi connectivity index (χ3v) is 60.4. The van der Waals surface area contributed by atoms with Gasteiger partial charge in [0, 0.05) is 42.7 Å². The largest absolute Gasteiger partial charge is 0.179 e. The minimum atomic E-state index is -1.64. The minimum absolute atomic E-state index is 0.350. The summed E-state index contributed by atoms with van der Waals surface area (Å²) in [6.07, 6.45) is 17.1. The van der Waals surface area contributed by atoms with Crippen LogP contribution < -0.4 is 0 Å². The van der Waals surface area contributed by atoms with Gasteiger partial charge >= 0.3 is 0 Å². The predicted molar refractivity (Wildman–Crippen MR) is 581 cm³/mol. The van der Waals surface area contributed by atoms with Gasteiger partial charge in [0.15, 0.2) is 0 Å². The van der Waals surface area contributed by atoms with Crippen LogP contribution in [0.1, 0.15) is 264 Å². The Hall–Kier alpha value is 5.08. The topological polar surface area (TPSA) is 0 Å². The smallest absolute Gasteiger partial charge is 0.148 e. The van der Waals surface area contributed by atoms with Gasteiger partial charge in [0.1, 0.15) is 8.07 Å². The van der Waals surface area contributed by atoms with Crippen LogP contribution in [-0.4, -0.2) is 179 Å². The minimum Gasteiger partial charge on any atom is -0.179 e. The molecule has 0 aliphatic heterocycles. The Morgan fingerprint density at radius 3 is 0.649 bits per heavy atom. The summed E-state index contributed by atoms with van der Waals surface area (Å²) in [7, 11) is -5.99. The average Bonchev–Trinajstić information content (AvgIpc) is 0.870. The lowest BCUT2D eigenvalue weighted by molar-refractivity contribution is 0.169. The Morgan fingerprint density at radius 1 is 0.243 bits per heavy atom. The van der Waals surface area contributed by atoms with Gasteiger partial charge in [0.2, 0.25) is 0 Å². The van der Waals surface area contributed by atoms with E-state index in [2.05, 4.69) is 392 Å². The monoisotopic (exact) mass is 1880 g/mol. The molecule has 0 heterocycles. The van der Waals surface area contributed by atoms with Gasteiger partial charge in [-0.05, 0) is 276 Å². The fourth-order valence-electron chi connectivity index (χ4n) is 15.2. The second-order valence-corrected chi connectivity index (χ2v) is 83.0. The maximum Gasteiger partial charge on any atom is 0.148 e. The van der Waals surface area contributed by atoms with Crippen molar-refractivity contribution in [3.05, 3.63) is 49.1 Å². The molecule has 0 saturated heterocycles. The number of thiol groups is 3. The second kappa shape index (κ2) is 59.2. The molecule has 111 heavy (non-hydrogen) atoms. The van der Waals surface area contributed by atoms with E-state index in [9.17, 15) is 0 Å². The van der Waals surface area contributed by atoms with Crippen molar-refractivity contribution in [3.8, 4) is 0 Å². The summed E-state index contributed by atoms with van der Waals surface area (Å²) in [5.41, 5.74) is 7.56. The Kier molecular flexibility index (Phi) is 61.9. The van der Waals surface area contributed by atoms with Crippen molar-refractivity contribution in [2.24, 2.45) is 35.5 Å². The highest BCUT2D eigenvalue weighted by molar-refractivity contribution is 8.03. The molecule has 0 aromatic rings. The number of hydrogen-bond donors (Lipinski definition) is 3. The van der Waals surface area contributed by atoms with Crippen molar-refractivity contribution in [2.45, 2.75) is 379 Å². The molecule has 0 amide bonds. The summed E-state index contributed by atoms with van der Waals surface area (Å²) >= 11 is 40.5. The van der Waals surface area contributed by atoms with Crippen LogP contribution in [0.15, 0.2) is 49.1 Å². The van der Waals surface area contributed by atoms with Gasteiger partial charge in [0.05, 0.1) is 24.2 Å². The Balaban J connectivity index is 0.00000425. The third-order valence-electron chi connectivity index (χ3n) is 22.2. The van der Waals surface area contributed by atoms with E-state index in [0.29, 0.717) is 42.7 Å². The lowest BCUT2D eigenvalue weighted by Gasteiger charge is -2.37. The average molecular weight is 1890 g/mol. The van der Waals surface area contributed by atoms with E-state index in [1.165, 1.54) is 236 Å². The number of rotatable bonds is 55. The standard InChI is InChI=1S/C72H150S12Si3.C12H24S3.C8H12Si/c1-64(2,3)76-39-51-85(52-40-77-65(4,5)6,53-41-78-66(7,8)9)48-36-73-33-30-61-28-29-62(31-34-74-37-49-86(54-42-79-67(10,11)12,55-43-80-68(13,14)15)56-44-81-69(16,17)18)63(60-61)32-35-75-38-50-87(57-45-82-70(19,20)21,58-46-83-71(22,23)24)59-47-84-72(25,26)27;13-6-3-10-1-2-11(4-7-14)12(9-10)5-8-15;1-5-9(6-2,7-3)8-4/h61-63H,28-60H2,1-27H3;10-15H,1-9H2;5-8H,1-4H2. The zero-order valence-corrected chi connectivity index (χ0v) is 94.5. The van der Waals surface area contributed by atoms with Crippen LogP contribution in [0, 0.1) is 35.5 Å². The summed E-state index contributed by atoms with van der Waals surface area (Å²) in [5.74, 6) is 29.4. The normalized spacial score (nSPS) is 19.1. The van der Waals surface area contributed by atoms with Gasteiger partial charge in [-0.2, -0.15) is 179 Å². The molecule has 6 unspecified atom stereocenters. The molecule has 0 aromatic heterocycles. The highest BCUT2D eigenvalue weighted by Gasteiger charge is 2.39. The van der Waals surface area contributed by atoms with Crippen LogP contribution in [0.25, 0.3) is 0 Å². The van der Waals surface area contributed by atoms with Crippen LogP contribution in [-0.2, 0) is 0 Å².